The van der Waals surface area contributed by atoms with Crippen molar-refractivity contribution in [3.63, 3.8) is 0 Å². The predicted octanol–water partition coefficient (Wildman–Crippen LogP) is 1.10. The summed E-state index contributed by atoms with van der Waals surface area (Å²) in [7, 11) is 0. The molecule has 1 aliphatic rings. The van der Waals surface area contributed by atoms with Crippen molar-refractivity contribution in [1.82, 2.24) is 0 Å². The molecule has 0 spiro atoms. The average molecular weight is 249 g/mol. The molecule has 0 fully saturated rings. The Hall–Kier alpha value is -1.88. The number of amides is 1. The van der Waals surface area contributed by atoms with Crippen LogP contribution >= 0.6 is 0 Å². The minimum absolute atomic E-state index is 0.201. The molecule has 1 aromatic carbocycles. The van der Waals surface area contributed by atoms with Crippen LogP contribution in [0, 0.1) is 0 Å². The van der Waals surface area contributed by atoms with Crippen molar-refractivity contribution in [1.29, 1.82) is 0 Å². The van der Waals surface area contributed by atoms with Crippen LogP contribution in [0.2, 0.25) is 0 Å². The fourth-order valence-electron chi connectivity index (χ4n) is 2.15. The monoisotopic (exact) mass is 249 g/mol. The molecule has 96 valence electrons. The first-order chi connectivity index (χ1) is 8.52. The topological polar surface area (TPSA) is 77.8 Å². The molecule has 5 heteroatoms. The molecule has 1 aliphatic heterocycles. The molecule has 1 unspecified atom stereocenters. The summed E-state index contributed by atoms with van der Waals surface area (Å²) < 4.78 is 0. The fraction of sp³-hybridized carbons (Fsp3) is 0.385. The number of carboxylic acids is 1. The van der Waals surface area contributed by atoms with Gasteiger partial charge in [-0.05, 0) is 23.6 Å². The first kappa shape index (κ1) is 12.6. The van der Waals surface area contributed by atoms with Gasteiger partial charge in [0.2, 0.25) is 5.91 Å². The summed E-state index contributed by atoms with van der Waals surface area (Å²) in [6.45, 7) is 1.56. The Balaban J connectivity index is 2.32. The van der Waals surface area contributed by atoms with E-state index in [1.54, 1.807) is 18.2 Å². The third-order valence-corrected chi connectivity index (χ3v) is 3.10. The van der Waals surface area contributed by atoms with Gasteiger partial charge in [-0.15, -0.1) is 0 Å². The Morgan fingerprint density at radius 3 is 2.83 bits per heavy atom. The summed E-state index contributed by atoms with van der Waals surface area (Å²) in [5.41, 5.74) is 2.18. The highest BCUT2D eigenvalue weighted by Crippen LogP contribution is 2.31. The molecule has 0 saturated carbocycles. The van der Waals surface area contributed by atoms with Gasteiger partial charge in [0.15, 0.2) is 0 Å². The molecule has 18 heavy (non-hydrogen) atoms. The highest BCUT2D eigenvalue weighted by Gasteiger charge is 2.29. The number of nitrogens with zero attached hydrogens (tertiary/aromatic N) is 1. The summed E-state index contributed by atoms with van der Waals surface area (Å²) in [4.78, 5) is 23.7. The summed E-state index contributed by atoms with van der Waals surface area (Å²) in [5, 5.41) is 18.5. The SMILES string of the molecule is CCC(O)c1ccc2c(c1)CC(=O)N2CC(=O)O. The molecule has 2 N–H and O–H groups in total. The number of aliphatic carboxylic acids is 1. The van der Waals surface area contributed by atoms with Gasteiger partial charge in [-0.3, -0.25) is 9.59 Å². The van der Waals surface area contributed by atoms with Crippen LogP contribution in [0.5, 0.6) is 0 Å². The Kier molecular flexibility index (Phi) is 3.34. The van der Waals surface area contributed by atoms with Crippen LogP contribution in [0.15, 0.2) is 18.2 Å². The zero-order chi connectivity index (χ0) is 13.3. The van der Waals surface area contributed by atoms with Crippen molar-refractivity contribution < 1.29 is 19.8 Å². The van der Waals surface area contributed by atoms with E-state index in [4.69, 9.17) is 5.11 Å². The molecule has 5 nitrogen and oxygen atoms in total. The molecule has 0 radical (unpaired) electrons. The van der Waals surface area contributed by atoms with Gasteiger partial charge in [0, 0.05) is 5.69 Å². The number of hydrogen-bond acceptors (Lipinski definition) is 3. The average Bonchev–Trinajstić information content (AvgIpc) is 2.63. The van der Waals surface area contributed by atoms with Crippen molar-refractivity contribution in [2.75, 3.05) is 11.4 Å². The molecule has 1 heterocycles. The lowest BCUT2D eigenvalue weighted by Gasteiger charge is -2.15. The first-order valence-corrected chi connectivity index (χ1v) is 5.86. The maximum absolute atomic E-state index is 11.7. The molecule has 0 bridgehead atoms. The summed E-state index contributed by atoms with van der Waals surface area (Å²) in [5.74, 6) is -1.25. The molecular formula is C13H15NO4. The van der Waals surface area contributed by atoms with Gasteiger partial charge in [0.25, 0.3) is 0 Å². The zero-order valence-corrected chi connectivity index (χ0v) is 10.1. The summed E-state index contributed by atoms with van der Waals surface area (Å²) >= 11 is 0. The largest absolute Gasteiger partial charge is 0.480 e. The van der Waals surface area contributed by atoms with Crippen molar-refractivity contribution in [2.45, 2.75) is 25.9 Å². The molecule has 2 rings (SSSR count). The molecular weight excluding hydrogens is 234 g/mol. The third-order valence-electron chi connectivity index (χ3n) is 3.10. The Morgan fingerprint density at radius 2 is 2.22 bits per heavy atom. The van der Waals surface area contributed by atoms with Crippen molar-refractivity contribution in [3.05, 3.63) is 29.3 Å². The smallest absolute Gasteiger partial charge is 0.323 e. The van der Waals surface area contributed by atoms with E-state index in [-0.39, 0.29) is 18.9 Å². The molecule has 1 aromatic rings. The molecule has 1 amide bonds. The lowest BCUT2D eigenvalue weighted by molar-refractivity contribution is -0.136. The Morgan fingerprint density at radius 1 is 1.50 bits per heavy atom. The number of carbonyl (C=O) groups excluding carboxylic acids is 1. The molecule has 0 aromatic heterocycles. The second kappa shape index (κ2) is 4.78. The number of aliphatic hydroxyl groups excluding tert-OH is 1. The van der Waals surface area contributed by atoms with E-state index in [0.717, 1.165) is 11.1 Å². The van der Waals surface area contributed by atoms with E-state index >= 15 is 0 Å². The Labute approximate surface area is 105 Å². The lowest BCUT2D eigenvalue weighted by Crippen LogP contribution is -2.32. The number of anilines is 1. The molecule has 1 atom stereocenters. The van der Waals surface area contributed by atoms with Gasteiger partial charge in [-0.2, -0.15) is 0 Å². The highest BCUT2D eigenvalue weighted by atomic mass is 16.4. The third kappa shape index (κ3) is 2.22. The van der Waals surface area contributed by atoms with Gasteiger partial charge in [-0.1, -0.05) is 19.1 Å². The fourth-order valence-corrected chi connectivity index (χ4v) is 2.15. The standard InChI is InChI=1S/C13H15NO4/c1-2-11(15)8-3-4-10-9(5-8)6-12(16)14(10)7-13(17)18/h3-5,11,15H,2,6-7H2,1H3,(H,17,18). The van der Waals surface area contributed by atoms with Crippen LogP contribution in [0.25, 0.3) is 0 Å². The van der Waals surface area contributed by atoms with Crippen molar-refractivity contribution in [3.8, 4) is 0 Å². The number of aliphatic hydroxyl groups is 1. The highest BCUT2D eigenvalue weighted by molar-refractivity contribution is 6.04. The number of carboxylic acid groups (broad SMARTS) is 1. The van der Waals surface area contributed by atoms with E-state index in [1.807, 2.05) is 6.92 Å². The van der Waals surface area contributed by atoms with Crippen LogP contribution in [0.4, 0.5) is 5.69 Å². The number of rotatable bonds is 4. The van der Waals surface area contributed by atoms with Crippen molar-refractivity contribution >= 4 is 17.6 Å². The van der Waals surface area contributed by atoms with Gasteiger partial charge in [0.1, 0.15) is 6.54 Å². The minimum Gasteiger partial charge on any atom is -0.480 e. The quantitative estimate of drug-likeness (QED) is 0.837. The zero-order valence-electron chi connectivity index (χ0n) is 10.1. The number of hydrogen-bond donors (Lipinski definition) is 2. The molecule has 0 aliphatic carbocycles. The number of fused-ring (bicyclic) bond motifs is 1. The summed E-state index contributed by atoms with van der Waals surface area (Å²) in [6.07, 6.45) is 0.261. The van der Waals surface area contributed by atoms with Gasteiger partial charge in [-0.25, -0.2) is 0 Å². The number of benzene rings is 1. The Bertz CT molecular complexity index is 498. The maximum atomic E-state index is 11.7. The summed E-state index contributed by atoms with van der Waals surface area (Å²) in [6, 6.07) is 5.22. The van der Waals surface area contributed by atoms with Gasteiger partial charge >= 0.3 is 5.97 Å². The van der Waals surface area contributed by atoms with E-state index in [0.29, 0.717) is 12.1 Å². The predicted molar refractivity (Wildman–Crippen MR) is 65.4 cm³/mol. The van der Waals surface area contributed by atoms with E-state index in [9.17, 15) is 14.7 Å². The van der Waals surface area contributed by atoms with Crippen LogP contribution in [0.3, 0.4) is 0 Å². The molecule has 0 saturated heterocycles. The normalized spacial score (nSPS) is 15.7. The maximum Gasteiger partial charge on any atom is 0.323 e. The van der Waals surface area contributed by atoms with Gasteiger partial charge in [0.05, 0.1) is 12.5 Å². The van der Waals surface area contributed by atoms with Crippen LogP contribution in [-0.4, -0.2) is 28.6 Å². The second-order valence-electron chi connectivity index (χ2n) is 4.36. The van der Waals surface area contributed by atoms with Crippen molar-refractivity contribution in [2.24, 2.45) is 0 Å². The first-order valence-electron chi connectivity index (χ1n) is 5.86. The second-order valence-corrected chi connectivity index (χ2v) is 4.36. The lowest BCUT2D eigenvalue weighted by atomic mass is 10.0. The van der Waals surface area contributed by atoms with Gasteiger partial charge < -0.3 is 15.1 Å². The number of carbonyl (C=O) groups is 2. The van der Waals surface area contributed by atoms with E-state index in [1.165, 1.54) is 4.90 Å². The van der Waals surface area contributed by atoms with E-state index in [2.05, 4.69) is 0 Å². The van der Waals surface area contributed by atoms with Crippen LogP contribution in [0.1, 0.15) is 30.6 Å². The van der Waals surface area contributed by atoms with E-state index < -0.39 is 12.1 Å². The minimum atomic E-state index is -1.03. The van der Waals surface area contributed by atoms with Crippen LogP contribution < -0.4 is 4.90 Å². The van der Waals surface area contributed by atoms with Crippen LogP contribution in [-0.2, 0) is 16.0 Å².